The number of carbonyl (C=O) groups excluding carboxylic acids is 1. The number of benzene rings is 2. The number of halogens is 2. The zero-order valence-electron chi connectivity index (χ0n) is 22.0. The fourth-order valence-corrected chi connectivity index (χ4v) is 9.34. The van der Waals surface area contributed by atoms with E-state index in [9.17, 15) is 17.6 Å². The van der Waals surface area contributed by atoms with E-state index in [1.54, 1.807) is 30.3 Å². The molecule has 6 saturated carbocycles. The first-order chi connectivity index (χ1) is 18.3. The number of rotatable bonds is 8. The van der Waals surface area contributed by atoms with Gasteiger partial charge >= 0.3 is 0 Å². The maximum Gasteiger partial charge on any atom is 0.247 e. The third-order valence-electron chi connectivity index (χ3n) is 9.58. The fourth-order valence-electron chi connectivity index (χ4n) is 7.58. The van der Waals surface area contributed by atoms with Gasteiger partial charge in [-0.1, -0.05) is 35.9 Å². The molecule has 1 aliphatic heterocycles. The van der Waals surface area contributed by atoms with Crippen LogP contribution in [-0.4, -0.2) is 42.8 Å². The molecule has 0 radical (unpaired) electrons. The number of sulfonamides is 1. The number of carbonyl (C=O) groups is 1. The lowest BCUT2D eigenvalue weighted by Gasteiger charge is -2.70. The average molecular weight is 571 g/mol. The van der Waals surface area contributed by atoms with Crippen molar-refractivity contribution in [3.05, 3.63) is 64.4 Å². The molecule has 1 amide bonds. The third-order valence-corrected chi connectivity index (χ3v) is 11.6. The van der Waals surface area contributed by atoms with Crippen LogP contribution in [0.1, 0.15) is 63.5 Å². The molecule has 0 spiro atoms. The molecule has 1 atom stereocenters. The first-order valence-electron chi connectivity index (χ1n) is 13.6. The number of nitrogens with zero attached hydrogens (tertiary/aromatic N) is 1. The molecule has 3 N–H and O–H groups in total. The fraction of sp³-hybridized carbons (Fsp3) is 0.517. The molecule has 10 heteroatoms. The Kier molecular flexibility index (Phi) is 5.25. The standard InChI is InChI=1S/C29H32ClFN4O3S/c1-26(2)23(24(36)33-28-11-18(12-28)13-28)32-25(34-26)27-14-29(15-27,16-27)35-39(37,38)22-6-4-3-5-19(22)9-17-7-8-20(30)21(31)10-17/h3-8,10,18,23,35H,9,11-16H2,1-2H3,(H,32,34)(H,33,36)/t18?,23-,27?,28?,29?/m0/s1. The summed E-state index contributed by atoms with van der Waals surface area (Å²) in [6, 6.07) is 10.8. The van der Waals surface area contributed by atoms with Gasteiger partial charge in [0.1, 0.15) is 11.7 Å². The third kappa shape index (κ3) is 3.95. The van der Waals surface area contributed by atoms with Crippen LogP contribution in [0.25, 0.3) is 0 Å². The molecule has 6 aliphatic carbocycles. The minimum Gasteiger partial charge on any atom is -0.366 e. The molecule has 206 valence electrons. The van der Waals surface area contributed by atoms with Crippen LogP contribution in [0.5, 0.6) is 0 Å². The number of hydrogen-bond donors (Lipinski definition) is 3. The monoisotopic (exact) mass is 570 g/mol. The zero-order valence-corrected chi connectivity index (χ0v) is 23.6. The molecule has 6 fully saturated rings. The smallest absolute Gasteiger partial charge is 0.247 e. The molecule has 1 heterocycles. The second-order valence-electron chi connectivity index (χ2n) is 13.2. The summed E-state index contributed by atoms with van der Waals surface area (Å²) in [4.78, 5) is 18.2. The lowest BCUT2D eigenvalue weighted by molar-refractivity contribution is -0.134. The molecule has 2 aromatic carbocycles. The van der Waals surface area contributed by atoms with Crippen molar-refractivity contribution in [2.24, 2.45) is 16.3 Å². The normalized spacial score (nSPS) is 34.9. The van der Waals surface area contributed by atoms with Crippen molar-refractivity contribution in [1.29, 1.82) is 0 Å². The maximum atomic E-state index is 14.0. The first kappa shape index (κ1) is 25.5. The van der Waals surface area contributed by atoms with Crippen LogP contribution in [0.15, 0.2) is 52.4 Å². The molecule has 0 saturated heterocycles. The second kappa shape index (κ2) is 8.04. The highest BCUT2D eigenvalue weighted by Crippen LogP contribution is 2.68. The van der Waals surface area contributed by atoms with Gasteiger partial charge in [0.15, 0.2) is 6.04 Å². The Morgan fingerprint density at radius 2 is 1.79 bits per heavy atom. The summed E-state index contributed by atoms with van der Waals surface area (Å²) in [6.45, 7) is 4.01. The van der Waals surface area contributed by atoms with Crippen molar-refractivity contribution in [1.82, 2.24) is 15.4 Å². The lowest BCUT2D eigenvalue weighted by Crippen LogP contribution is -2.78. The van der Waals surface area contributed by atoms with Crippen molar-refractivity contribution in [3.8, 4) is 0 Å². The van der Waals surface area contributed by atoms with Crippen molar-refractivity contribution >= 4 is 33.4 Å². The molecule has 39 heavy (non-hydrogen) atoms. The van der Waals surface area contributed by atoms with E-state index in [0.717, 1.165) is 31.0 Å². The Hall–Kier alpha value is -2.49. The van der Waals surface area contributed by atoms with E-state index in [1.165, 1.54) is 12.1 Å². The van der Waals surface area contributed by atoms with E-state index in [-0.39, 0.29) is 33.2 Å². The zero-order chi connectivity index (χ0) is 27.4. The molecular weight excluding hydrogens is 539 g/mol. The molecular formula is C29H32ClFN4O3S. The second-order valence-corrected chi connectivity index (χ2v) is 15.3. The quantitative estimate of drug-likeness (QED) is 0.445. The van der Waals surface area contributed by atoms with E-state index in [2.05, 4.69) is 15.4 Å². The topological polar surface area (TPSA) is 99.7 Å². The summed E-state index contributed by atoms with van der Waals surface area (Å²) in [7, 11) is -3.81. The first-order valence-corrected chi connectivity index (χ1v) is 15.4. The lowest BCUT2D eigenvalue weighted by atomic mass is 9.39. The highest BCUT2D eigenvalue weighted by atomic mass is 35.5. The van der Waals surface area contributed by atoms with Crippen molar-refractivity contribution < 1.29 is 17.6 Å². The van der Waals surface area contributed by atoms with Gasteiger partial charge in [-0.05, 0) is 94.0 Å². The summed E-state index contributed by atoms with van der Waals surface area (Å²) in [5.41, 5.74) is 0.0150. The minimum absolute atomic E-state index is 0.00672. The number of amidine groups is 1. The van der Waals surface area contributed by atoms with Gasteiger partial charge in [-0.25, -0.2) is 17.5 Å². The van der Waals surface area contributed by atoms with Crippen molar-refractivity contribution in [3.63, 3.8) is 0 Å². The summed E-state index contributed by atoms with van der Waals surface area (Å²) in [5, 5.41) is 6.79. The van der Waals surface area contributed by atoms with Gasteiger partial charge in [0, 0.05) is 16.5 Å². The van der Waals surface area contributed by atoms with Gasteiger partial charge in [-0.15, -0.1) is 0 Å². The van der Waals surface area contributed by atoms with Crippen LogP contribution in [0.3, 0.4) is 0 Å². The Morgan fingerprint density at radius 1 is 1.10 bits per heavy atom. The number of nitrogens with one attached hydrogen (secondary N) is 3. The highest BCUT2D eigenvalue weighted by Gasteiger charge is 2.72. The van der Waals surface area contributed by atoms with Gasteiger partial charge in [0.05, 0.1) is 15.5 Å². The van der Waals surface area contributed by atoms with E-state index in [0.29, 0.717) is 30.4 Å². The van der Waals surface area contributed by atoms with E-state index in [4.69, 9.17) is 16.6 Å². The van der Waals surface area contributed by atoms with E-state index < -0.39 is 33.0 Å². The predicted octanol–water partition coefficient (Wildman–Crippen LogP) is 4.09. The summed E-state index contributed by atoms with van der Waals surface area (Å²) in [5.74, 6) is 1.07. The van der Waals surface area contributed by atoms with E-state index >= 15 is 0 Å². The molecule has 7 aliphatic rings. The van der Waals surface area contributed by atoms with Gasteiger partial charge in [0.25, 0.3) is 0 Å². The number of amides is 1. The Balaban J connectivity index is 1.04. The van der Waals surface area contributed by atoms with Crippen LogP contribution < -0.4 is 15.4 Å². The molecule has 0 unspecified atom stereocenters. The van der Waals surface area contributed by atoms with Crippen LogP contribution in [0, 0.1) is 17.2 Å². The van der Waals surface area contributed by atoms with Crippen LogP contribution in [-0.2, 0) is 21.2 Å². The molecule has 2 aromatic rings. The molecule has 9 rings (SSSR count). The summed E-state index contributed by atoms with van der Waals surface area (Å²) < 4.78 is 44.0. The highest BCUT2D eigenvalue weighted by molar-refractivity contribution is 7.89. The van der Waals surface area contributed by atoms with Gasteiger partial charge in [0.2, 0.25) is 15.9 Å². The Morgan fingerprint density at radius 3 is 2.44 bits per heavy atom. The molecule has 7 nitrogen and oxygen atoms in total. The van der Waals surface area contributed by atoms with Gasteiger partial charge in [-0.3, -0.25) is 9.79 Å². The molecule has 4 bridgehead atoms. The van der Waals surface area contributed by atoms with Crippen LogP contribution in [0.4, 0.5) is 4.39 Å². The molecule has 0 aromatic heterocycles. The van der Waals surface area contributed by atoms with Gasteiger partial charge < -0.3 is 10.6 Å². The Bertz CT molecular complexity index is 1520. The number of aliphatic imine (C=N–C) groups is 1. The largest absolute Gasteiger partial charge is 0.366 e. The number of hydrogen-bond acceptors (Lipinski definition) is 5. The maximum absolute atomic E-state index is 14.0. The van der Waals surface area contributed by atoms with Crippen molar-refractivity contribution in [2.45, 2.75) is 86.3 Å². The minimum atomic E-state index is -3.81. The summed E-state index contributed by atoms with van der Waals surface area (Å²) in [6.07, 6.45) is 5.46. The van der Waals surface area contributed by atoms with Crippen LogP contribution >= 0.6 is 11.6 Å². The van der Waals surface area contributed by atoms with Gasteiger partial charge in [-0.2, -0.15) is 0 Å². The van der Waals surface area contributed by atoms with E-state index in [1.807, 2.05) is 13.8 Å². The SMILES string of the molecule is CC1(C)NC(C23CC(NS(=O)(=O)c4ccccc4Cc4ccc(Cl)c(F)c4)(C2)C3)=N[C@H]1C(=O)NC12CC(C1)C2. The van der Waals surface area contributed by atoms with Crippen molar-refractivity contribution in [2.75, 3.05) is 0 Å². The summed E-state index contributed by atoms with van der Waals surface area (Å²) >= 11 is 5.81. The average Bonchev–Trinajstić information content (AvgIpc) is 3.09. The Labute approximate surface area is 233 Å². The predicted molar refractivity (Wildman–Crippen MR) is 147 cm³/mol. The van der Waals surface area contributed by atoms with Crippen LogP contribution in [0.2, 0.25) is 5.02 Å².